The first-order chi connectivity index (χ1) is 7.47. The molecule has 1 aromatic carbocycles. The van der Waals surface area contributed by atoms with Crippen molar-refractivity contribution in [2.45, 2.75) is 13.8 Å². The lowest BCUT2D eigenvalue weighted by atomic mass is 9.98. The number of carbonyl (C=O) groups excluding carboxylic acids is 2. The molecule has 0 fully saturated rings. The van der Waals surface area contributed by atoms with Crippen molar-refractivity contribution in [1.82, 2.24) is 0 Å². The van der Waals surface area contributed by atoms with Crippen LogP contribution in [0.15, 0.2) is 18.2 Å². The summed E-state index contributed by atoms with van der Waals surface area (Å²) in [5, 5.41) is 0. The highest BCUT2D eigenvalue weighted by molar-refractivity contribution is 6.08. The van der Waals surface area contributed by atoms with Gasteiger partial charge in [-0.3, -0.25) is 9.59 Å². The number of aryl methyl sites for hydroxylation is 1. The van der Waals surface area contributed by atoms with Crippen LogP contribution in [-0.2, 0) is 9.53 Å². The van der Waals surface area contributed by atoms with Crippen LogP contribution in [0.3, 0.4) is 0 Å². The van der Waals surface area contributed by atoms with E-state index in [1.54, 1.807) is 6.92 Å². The predicted octanol–water partition coefficient (Wildman–Crippen LogP) is 2.13. The molecule has 0 amide bonds. The number of esters is 1. The van der Waals surface area contributed by atoms with E-state index in [0.29, 0.717) is 11.1 Å². The average molecular weight is 224 g/mol. The Kier molecular flexibility index (Phi) is 3.77. The van der Waals surface area contributed by atoms with E-state index >= 15 is 0 Å². The Morgan fingerprint density at radius 3 is 2.50 bits per heavy atom. The first-order valence-corrected chi connectivity index (χ1v) is 4.85. The first kappa shape index (κ1) is 12.4. The van der Waals surface area contributed by atoms with E-state index in [-0.39, 0.29) is 11.6 Å². The van der Waals surface area contributed by atoms with E-state index in [2.05, 4.69) is 4.74 Å². The lowest BCUT2D eigenvalue weighted by molar-refractivity contribution is -0.143. The van der Waals surface area contributed by atoms with Gasteiger partial charge in [0.15, 0.2) is 5.78 Å². The molecule has 1 rings (SSSR count). The number of hydrogen-bond acceptors (Lipinski definition) is 3. The van der Waals surface area contributed by atoms with E-state index in [4.69, 9.17) is 0 Å². The first-order valence-electron chi connectivity index (χ1n) is 4.85. The Labute approximate surface area is 93.2 Å². The molecule has 0 aromatic heterocycles. The number of carbonyl (C=O) groups is 2. The molecule has 0 aliphatic heterocycles. The molecule has 0 heterocycles. The standard InChI is InChI=1S/C12H13FO3/c1-7-6-9(4-5-10(7)13)11(14)8(2)12(15)16-3/h4-6,8H,1-3H3. The Bertz CT molecular complexity index is 426. The molecule has 0 saturated heterocycles. The number of benzene rings is 1. The molecule has 1 atom stereocenters. The third-order valence-corrected chi connectivity index (χ3v) is 2.39. The van der Waals surface area contributed by atoms with Crippen molar-refractivity contribution < 1.29 is 18.7 Å². The second kappa shape index (κ2) is 4.88. The third-order valence-electron chi connectivity index (χ3n) is 2.39. The SMILES string of the molecule is COC(=O)C(C)C(=O)c1ccc(F)c(C)c1. The maximum Gasteiger partial charge on any atom is 0.316 e. The van der Waals surface area contributed by atoms with Crippen LogP contribution < -0.4 is 0 Å². The maximum absolute atomic E-state index is 13.0. The zero-order valence-corrected chi connectivity index (χ0v) is 9.41. The van der Waals surface area contributed by atoms with Gasteiger partial charge >= 0.3 is 5.97 Å². The highest BCUT2D eigenvalue weighted by atomic mass is 19.1. The van der Waals surface area contributed by atoms with Gasteiger partial charge in [-0.05, 0) is 37.6 Å². The molecule has 16 heavy (non-hydrogen) atoms. The van der Waals surface area contributed by atoms with E-state index in [1.165, 1.54) is 32.2 Å². The van der Waals surface area contributed by atoms with Gasteiger partial charge in [0.25, 0.3) is 0 Å². The number of ketones is 1. The molecule has 0 aliphatic rings. The summed E-state index contributed by atoms with van der Waals surface area (Å²) in [5.74, 6) is -2.20. The lowest BCUT2D eigenvalue weighted by Gasteiger charge is -2.08. The zero-order valence-electron chi connectivity index (χ0n) is 9.41. The van der Waals surface area contributed by atoms with Crippen LogP contribution in [0, 0.1) is 18.7 Å². The predicted molar refractivity (Wildman–Crippen MR) is 56.6 cm³/mol. The van der Waals surface area contributed by atoms with Gasteiger partial charge in [-0.15, -0.1) is 0 Å². The molecule has 3 nitrogen and oxygen atoms in total. The number of halogens is 1. The summed E-state index contributed by atoms with van der Waals surface area (Å²) in [6, 6.07) is 4.01. The Hall–Kier alpha value is -1.71. The topological polar surface area (TPSA) is 43.4 Å². The highest BCUT2D eigenvalue weighted by Gasteiger charge is 2.23. The lowest BCUT2D eigenvalue weighted by Crippen LogP contribution is -2.22. The summed E-state index contributed by atoms with van der Waals surface area (Å²) in [6.07, 6.45) is 0. The molecule has 0 radical (unpaired) electrons. The smallest absolute Gasteiger partial charge is 0.316 e. The summed E-state index contributed by atoms with van der Waals surface area (Å²) in [5.41, 5.74) is 0.694. The molecule has 0 saturated carbocycles. The molecular weight excluding hydrogens is 211 g/mol. The zero-order chi connectivity index (χ0) is 12.3. The van der Waals surface area contributed by atoms with Crippen LogP contribution in [0.5, 0.6) is 0 Å². The molecule has 86 valence electrons. The van der Waals surface area contributed by atoms with Gasteiger partial charge in [0.05, 0.1) is 7.11 Å². The largest absolute Gasteiger partial charge is 0.468 e. The normalized spacial score (nSPS) is 12.0. The third kappa shape index (κ3) is 2.45. The van der Waals surface area contributed by atoms with Crippen LogP contribution in [0.1, 0.15) is 22.8 Å². The maximum atomic E-state index is 13.0. The molecule has 0 bridgehead atoms. The molecule has 0 aliphatic carbocycles. The van der Waals surface area contributed by atoms with Crippen molar-refractivity contribution in [3.63, 3.8) is 0 Å². The van der Waals surface area contributed by atoms with Crippen molar-refractivity contribution in [1.29, 1.82) is 0 Å². The summed E-state index contributed by atoms with van der Waals surface area (Å²) >= 11 is 0. The van der Waals surface area contributed by atoms with E-state index < -0.39 is 11.9 Å². The van der Waals surface area contributed by atoms with Gasteiger partial charge in [0, 0.05) is 5.56 Å². The number of hydrogen-bond donors (Lipinski definition) is 0. The minimum absolute atomic E-state index is 0.316. The Morgan fingerprint density at radius 1 is 1.38 bits per heavy atom. The summed E-state index contributed by atoms with van der Waals surface area (Å²) in [6.45, 7) is 3.03. The van der Waals surface area contributed by atoms with Crippen molar-refractivity contribution >= 4 is 11.8 Å². The van der Waals surface area contributed by atoms with Gasteiger partial charge in [-0.25, -0.2) is 4.39 Å². The Balaban J connectivity index is 2.97. The number of rotatable bonds is 3. The summed E-state index contributed by atoms with van der Waals surface area (Å²) < 4.78 is 17.5. The van der Waals surface area contributed by atoms with E-state index in [1.807, 2.05) is 0 Å². The Morgan fingerprint density at radius 2 is 2.00 bits per heavy atom. The van der Waals surface area contributed by atoms with Crippen LogP contribution >= 0.6 is 0 Å². The van der Waals surface area contributed by atoms with Crippen molar-refractivity contribution in [3.05, 3.63) is 35.1 Å². The average Bonchev–Trinajstić information content (AvgIpc) is 2.29. The van der Waals surface area contributed by atoms with Crippen molar-refractivity contribution in [3.8, 4) is 0 Å². The van der Waals surface area contributed by atoms with E-state index in [0.717, 1.165) is 0 Å². The number of ether oxygens (including phenoxy) is 1. The second-order valence-electron chi connectivity index (χ2n) is 3.57. The summed E-state index contributed by atoms with van der Waals surface area (Å²) in [4.78, 5) is 22.9. The van der Waals surface area contributed by atoms with Crippen LogP contribution in [-0.4, -0.2) is 18.9 Å². The molecule has 0 spiro atoms. The minimum atomic E-state index is -0.866. The van der Waals surface area contributed by atoms with Gasteiger partial charge in [-0.1, -0.05) is 0 Å². The van der Waals surface area contributed by atoms with Crippen LogP contribution in [0.4, 0.5) is 4.39 Å². The van der Waals surface area contributed by atoms with Crippen LogP contribution in [0.2, 0.25) is 0 Å². The summed E-state index contributed by atoms with van der Waals surface area (Å²) in [7, 11) is 1.22. The fraction of sp³-hybridized carbons (Fsp3) is 0.333. The highest BCUT2D eigenvalue weighted by Crippen LogP contribution is 2.14. The van der Waals surface area contributed by atoms with Gasteiger partial charge < -0.3 is 4.74 Å². The quantitative estimate of drug-likeness (QED) is 0.448. The molecule has 0 N–H and O–H groups in total. The number of methoxy groups -OCH3 is 1. The fourth-order valence-electron chi connectivity index (χ4n) is 1.33. The van der Waals surface area contributed by atoms with Gasteiger partial charge in [0.2, 0.25) is 0 Å². The number of Topliss-reactive ketones (excluding diaryl/α,β-unsaturated/α-hetero) is 1. The molecule has 4 heteroatoms. The second-order valence-corrected chi connectivity index (χ2v) is 3.57. The molecule has 1 unspecified atom stereocenters. The molecule has 1 aromatic rings. The fourth-order valence-corrected chi connectivity index (χ4v) is 1.33. The van der Waals surface area contributed by atoms with Gasteiger partial charge in [0.1, 0.15) is 11.7 Å². The van der Waals surface area contributed by atoms with Crippen molar-refractivity contribution in [2.75, 3.05) is 7.11 Å². The van der Waals surface area contributed by atoms with E-state index in [9.17, 15) is 14.0 Å². The van der Waals surface area contributed by atoms with Crippen molar-refractivity contribution in [2.24, 2.45) is 5.92 Å². The molecular formula is C12H13FO3. The monoisotopic (exact) mass is 224 g/mol. The van der Waals surface area contributed by atoms with Crippen LogP contribution in [0.25, 0.3) is 0 Å². The van der Waals surface area contributed by atoms with Gasteiger partial charge in [-0.2, -0.15) is 0 Å². The minimum Gasteiger partial charge on any atom is -0.468 e.